The van der Waals surface area contributed by atoms with Gasteiger partial charge in [0.1, 0.15) is 5.69 Å². The highest BCUT2D eigenvalue weighted by molar-refractivity contribution is 9.11. The summed E-state index contributed by atoms with van der Waals surface area (Å²) >= 11 is 4.59. The summed E-state index contributed by atoms with van der Waals surface area (Å²) in [6.07, 6.45) is 2.94. The standard InChI is InChI=1S/C11H15BrN2O3S/c1-17-9(15)5-3-2-4-6-13-10(16)8-7-18-11(12)14-8/h7H,2-6H2,1H3,(H,13,16). The third-order valence-corrected chi connectivity index (χ3v) is 3.64. The van der Waals surface area contributed by atoms with Crippen LogP contribution in [0.2, 0.25) is 0 Å². The number of thiazole rings is 1. The topological polar surface area (TPSA) is 68.3 Å². The van der Waals surface area contributed by atoms with Crippen LogP contribution in [-0.2, 0) is 9.53 Å². The van der Waals surface area contributed by atoms with E-state index in [0.717, 1.165) is 19.3 Å². The van der Waals surface area contributed by atoms with Gasteiger partial charge in [0.15, 0.2) is 3.92 Å². The Labute approximate surface area is 118 Å². The number of rotatable bonds is 7. The van der Waals surface area contributed by atoms with E-state index in [0.29, 0.717) is 22.6 Å². The molecule has 0 fully saturated rings. The van der Waals surface area contributed by atoms with Crippen molar-refractivity contribution in [1.29, 1.82) is 0 Å². The Morgan fingerprint density at radius 3 is 2.83 bits per heavy atom. The molecule has 1 aromatic rings. The van der Waals surface area contributed by atoms with E-state index in [9.17, 15) is 9.59 Å². The van der Waals surface area contributed by atoms with Gasteiger partial charge in [-0.1, -0.05) is 6.42 Å². The first-order valence-electron chi connectivity index (χ1n) is 5.59. The summed E-state index contributed by atoms with van der Waals surface area (Å²) in [5, 5.41) is 4.49. The SMILES string of the molecule is COC(=O)CCCCCNC(=O)c1csc(Br)n1. The first kappa shape index (κ1) is 15.1. The van der Waals surface area contributed by atoms with Crippen LogP contribution < -0.4 is 5.32 Å². The minimum atomic E-state index is -0.189. The summed E-state index contributed by atoms with van der Waals surface area (Å²) in [6.45, 7) is 0.592. The van der Waals surface area contributed by atoms with Gasteiger partial charge in [-0.25, -0.2) is 4.98 Å². The van der Waals surface area contributed by atoms with Gasteiger partial charge in [0.2, 0.25) is 0 Å². The fourth-order valence-electron chi connectivity index (χ4n) is 1.32. The highest BCUT2D eigenvalue weighted by Crippen LogP contribution is 2.15. The zero-order valence-corrected chi connectivity index (χ0v) is 12.5. The lowest BCUT2D eigenvalue weighted by Gasteiger charge is -2.03. The van der Waals surface area contributed by atoms with Crippen LogP contribution in [0.5, 0.6) is 0 Å². The number of ether oxygens (including phenoxy) is 1. The van der Waals surface area contributed by atoms with E-state index >= 15 is 0 Å². The first-order chi connectivity index (χ1) is 8.63. The number of halogens is 1. The second-order valence-electron chi connectivity index (χ2n) is 3.63. The van der Waals surface area contributed by atoms with Crippen LogP contribution in [0.15, 0.2) is 9.30 Å². The summed E-state index contributed by atoms with van der Waals surface area (Å²) in [7, 11) is 1.38. The number of hydrogen-bond acceptors (Lipinski definition) is 5. The molecule has 0 unspecified atom stereocenters. The Hall–Kier alpha value is -0.950. The summed E-state index contributed by atoms with van der Waals surface area (Å²) in [4.78, 5) is 26.4. The quantitative estimate of drug-likeness (QED) is 0.614. The Morgan fingerprint density at radius 1 is 1.44 bits per heavy atom. The van der Waals surface area contributed by atoms with Gasteiger partial charge < -0.3 is 10.1 Å². The van der Waals surface area contributed by atoms with Crippen LogP contribution in [0, 0.1) is 0 Å². The second-order valence-corrected chi connectivity index (χ2v) is 5.76. The molecule has 0 aliphatic rings. The first-order valence-corrected chi connectivity index (χ1v) is 7.27. The van der Waals surface area contributed by atoms with Crippen LogP contribution in [0.1, 0.15) is 36.2 Å². The van der Waals surface area contributed by atoms with Crippen LogP contribution in [0.3, 0.4) is 0 Å². The number of hydrogen-bond donors (Lipinski definition) is 1. The van der Waals surface area contributed by atoms with Crippen molar-refractivity contribution in [3.63, 3.8) is 0 Å². The van der Waals surface area contributed by atoms with E-state index < -0.39 is 0 Å². The monoisotopic (exact) mass is 334 g/mol. The lowest BCUT2D eigenvalue weighted by Crippen LogP contribution is -2.24. The summed E-state index contributed by atoms with van der Waals surface area (Å²) in [6, 6.07) is 0. The number of esters is 1. The molecule has 1 rings (SSSR count). The molecule has 1 heterocycles. The highest BCUT2D eigenvalue weighted by Gasteiger charge is 2.08. The van der Waals surface area contributed by atoms with E-state index in [1.807, 2.05) is 0 Å². The highest BCUT2D eigenvalue weighted by atomic mass is 79.9. The number of nitrogens with one attached hydrogen (secondary N) is 1. The van der Waals surface area contributed by atoms with Gasteiger partial charge in [0, 0.05) is 18.3 Å². The molecule has 0 aliphatic heterocycles. The number of amides is 1. The zero-order chi connectivity index (χ0) is 13.4. The number of carbonyl (C=O) groups excluding carboxylic acids is 2. The van der Waals surface area contributed by atoms with Gasteiger partial charge >= 0.3 is 5.97 Å². The number of carbonyl (C=O) groups is 2. The van der Waals surface area contributed by atoms with Crippen molar-refractivity contribution in [2.24, 2.45) is 0 Å². The van der Waals surface area contributed by atoms with E-state index in [4.69, 9.17) is 0 Å². The molecule has 5 nitrogen and oxygen atoms in total. The van der Waals surface area contributed by atoms with Crippen molar-refractivity contribution in [2.75, 3.05) is 13.7 Å². The van der Waals surface area contributed by atoms with E-state index in [1.54, 1.807) is 5.38 Å². The summed E-state index contributed by atoms with van der Waals surface area (Å²) in [5.74, 6) is -0.351. The molecular formula is C11H15BrN2O3S. The maximum absolute atomic E-state index is 11.6. The smallest absolute Gasteiger partial charge is 0.305 e. The van der Waals surface area contributed by atoms with Crippen molar-refractivity contribution in [3.8, 4) is 0 Å². The molecule has 0 aromatic carbocycles. The van der Waals surface area contributed by atoms with Crippen molar-refractivity contribution in [2.45, 2.75) is 25.7 Å². The molecule has 0 spiro atoms. The summed E-state index contributed by atoms with van der Waals surface area (Å²) in [5.41, 5.74) is 0.432. The average molecular weight is 335 g/mol. The molecule has 0 bridgehead atoms. The van der Waals surface area contributed by atoms with E-state index in [-0.39, 0.29) is 11.9 Å². The number of nitrogens with zero attached hydrogens (tertiary/aromatic N) is 1. The Balaban J connectivity index is 2.08. The number of methoxy groups -OCH3 is 1. The summed E-state index contributed by atoms with van der Waals surface area (Å²) < 4.78 is 5.23. The van der Waals surface area contributed by atoms with Gasteiger partial charge in [0.05, 0.1) is 7.11 Å². The number of unbranched alkanes of at least 4 members (excludes halogenated alkanes) is 2. The van der Waals surface area contributed by atoms with Crippen molar-refractivity contribution >= 4 is 39.1 Å². The predicted octanol–water partition coefficient (Wildman–Crippen LogP) is 2.37. The van der Waals surface area contributed by atoms with Gasteiger partial charge in [-0.15, -0.1) is 11.3 Å². The molecular weight excluding hydrogens is 320 g/mol. The fraction of sp³-hybridized carbons (Fsp3) is 0.545. The van der Waals surface area contributed by atoms with Crippen molar-refractivity contribution in [1.82, 2.24) is 10.3 Å². The molecule has 0 saturated heterocycles. The molecule has 7 heteroatoms. The normalized spacial score (nSPS) is 10.1. The molecule has 0 atom stereocenters. The van der Waals surface area contributed by atoms with Gasteiger partial charge in [-0.3, -0.25) is 9.59 Å². The van der Waals surface area contributed by atoms with Gasteiger partial charge in [-0.2, -0.15) is 0 Å². The molecule has 1 amide bonds. The molecule has 0 radical (unpaired) electrons. The largest absolute Gasteiger partial charge is 0.469 e. The minimum Gasteiger partial charge on any atom is -0.469 e. The van der Waals surface area contributed by atoms with Crippen LogP contribution in [0.25, 0.3) is 0 Å². The second kappa shape index (κ2) is 8.20. The molecule has 1 aromatic heterocycles. The number of aromatic nitrogens is 1. The molecule has 0 aliphatic carbocycles. The van der Waals surface area contributed by atoms with Gasteiger partial charge in [-0.05, 0) is 28.8 Å². The Morgan fingerprint density at radius 2 is 2.22 bits per heavy atom. The molecule has 18 heavy (non-hydrogen) atoms. The minimum absolute atomic E-state index is 0.162. The van der Waals surface area contributed by atoms with E-state index in [2.05, 4.69) is 31.0 Å². The van der Waals surface area contributed by atoms with Gasteiger partial charge in [0.25, 0.3) is 5.91 Å². The zero-order valence-electron chi connectivity index (χ0n) is 10.1. The molecule has 0 saturated carbocycles. The average Bonchev–Trinajstić information content (AvgIpc) is 2.79. The van der Waals surface area contributed by atoms with Crippen molar-refractivity contribution in [3.05, 3.63) is 15.0 Å². The van der Waals surface area contributed by atoms with Crippen molar-refractivity contribution < 1.29 is 14.3 Å². The predicted molar refractivity (Wildman–Crippen MR) is 72.6 cm³/mol. The van der Waals surface area contributed by atoms with Crippen LogP contribution in [-0.4, -0.2) is 30.5 Å². The maximum atomic E-state index is 11.6. The maximum Gasteiger partial charge on any atom is 0.305 e. The fourth-order valence-corrected chi connectivity index (χ4v) is 2.31. The van der Waals surface area contributed by atoms with Crippen LogP contribution >= 0.6 is 27.3 Å². The lowest BCUT2D eigenvalue weighted by molar-refractivity contribution is -0.140. The molecule has 100 valence electrons. The third-order valence-electron chi connectivity index (χ3n) is 2.28. The molecule has 1 N–H and O–H groups in total. The lowest BCUT2D eigenvalue weighted by atomic mass is 10.2. The van der Waals surface area contributed by atoms with Crippen LogP contribution in [0.4, 0.5) is 0 Å². The Kier molecular flexibility index (Phi) is 6.89. The Bertz CT molecular complexity index is 409. The van der Waals surface area contributed by atoms with E-state index in [1.165, 1.54) is 18.4 Å². The third kappa shape index (κ3) is 5.59.